The summed E-state index contributed by atoms with van der Waals surface area (Å²) in [4.78, 5) is 31.0. The van der Waals surface area contributed by atoms with Crippen LogP contribution in [0.5, 0.6) is 0 Å². The second-order valence-corrected chi connectivity index (χ2v) is 7.36. The summed E-state index contributed by atoms with van der Waals surface area (Å²) in [5.41, 5.74) is 4.48. The molecule has 4 rings (SSSR count). The minimum absolute atomic E-state index is 0.00490. The molecule has 0 spiro atoms. The number of hydrogen-bond acceptors (Lipinski definition) is 3. The van der Waals surface area contributed by atoms with Gasteiger partial charge in [0.2, 0.25) is 5.91 Å². The van der Waals surface area contributed by atoms with Crippen LogP contribution < -0.4 is 5.32 Å². The van der Waals surface area contributed by atoms with Gasteiger partial charge in [0.1, 0.15) is 5.82 Å². The van der Waals surface area contributed by atoms with Crippen LogP contribution in [-0.4, -0.2) is 32.8 Å². The van der Waals surface area contributed by atoms with Gasteiger partial charge >= 0.3 is 0 Å². The number of fused-ring (bicyclic) bond motifs is 1. The van der Waals surface area contributed by atoms with Crippen molar-refractivity contribution >= 4 is 17.5 Å². The van der Waals surface area contributed by atoms with Gasteiger partial charge in [-0.15, -0.1) is 0 Å². The Morgan fingerprint density at radius 3 is 2.79 bits per heavy atom. The summed E-state index contributed by atoms with van der Waals surface area (Å²) in [6.07, 6.45) is 4.91. The Morgan fingerprint density at radius 2 is 2.03 bits per heavy atom. The number of aromatic nitrogens is 2. The maximum atomic E-state index is 13.2. The van der Waals surface area contributed by atoms with Crippen molar-refractivity contribution in [2.75, 3.05) is 11.9 Å². The summed E-state index contributed by atoms with van der Waals surface area (Å²) in [6, 6.07) is 13.6. The van der Waals surface area contributed by atoms with Crippen LogP contribution in [-0.2, 0) is 24.8 Å². The molecule has 2 aromatic carbocycles. The van der Waals surface area contributed by atoms with Crippen molar-refractivity contribution in [3.8, 4) is 11.1 Å². The number of amides is 2. The molecule has 2 amide bonds. The largest absolute Gasteiger partial charge is 0.337 e. The van der Waals surface area contributed by atoms with Crippen LogP contribution in [0.1, 0.15) is 35.1 Å². The number of benzene rings is 2. The molecule has 1 aliphatic heterocycles. The van der Waals surface area contributed by atoms with Gasteiger partial charge in [0.05, 0.1) is 13.0 Å². The number of carbonyl (C=O) groups is 2. The molecular formula is C23H24N4O2. The molecule has 6 heteroatoms. The highest BCUT2D eigenvalue weighted by Crippen LogP contribution is 2.29. The van der Waals surface area contributed by atoms with Crippen LogP contribution in [0, 0.1) is 0 Å². The minimum atomic E-state index is -0.00490. The molecule has 0 bridgehead atoms. The van der Waals surface area contributed by atoms with Crippen molar-refractivity contribution in [1.29, 1.82) is 0 Å². The first-order chi connectivity index (χ1) is 14.0. The zero-order valence-corrected chi connectivity index (χ0v) is 16.7. The third-order valence-electron chi connectivity index (χ3n) is 5.21. The van der Waals surface area contributed by atoms with Crippen LogP contribution in [0.2, 0.25) is 0 Å². The van der Waals surface area contributed by atoms with E-state index < -0.39 is 0 Å². The first-order valence-electron chi connectivity index (χ1n) is 9.84. The van der Waals surface area contributed by atoms with Crippen molar-refractivity contribution in [2.24, 2.45) is 7.05 Å². The third-order valence-corrected chi connectivity index (χ3v) is 5.21. The van der Waals surface area contributed by atoms with E-state index >= 15 is 0 Å². The number of carbonyl (C=O) groups excluding carboxylic acids is 2. The van der Waals surface area contributed by atoms with Crippen molar-refractivity contribution in [3.05, 3.63) is 71.8 Å². The summed E-state index contributed by atoms with van der Waals surface area (Å²) in [7, 11) is 1.94. The number of nitrogens with one attached hydrogen (secondary N) is 1. The minimum Gasteiger partial charge on any atom is -0.337 e. The van der Waals surface area contributed by atoms with E-state index in [1.807, 2.05) is 65.2 Å². The molecule has 0 unspecified atom stereocenters. The van der Waals surface area contributed by atoms with E-state index in [9.17, 15) is 9.59 Å². The zero-order chi connectivity index (χ0) is 20.4. The summed E-state index contributed by atoms with van der Waals surface area (Å²) < 4.78 is 1.94. The number of rotatable bonds is 6. The van der Waals surface area contributed by atoms with E-state index in [1.165, 1.54) is 0 Å². The van der Waals surface area contributed by atoms with E-state index in [2.05, 4.69) is 17.2 Å². The lowest BCUT2D eigenvalue weighted by Gasteiger charge is -2.22. The Morgan fingerprint density at radius 1 is 1.21 bits per heavy atom. The summed E-state index contributed by atoms with van der Waals surface area (Å²) in [5, 5.41) is 2.85. The lowest BCUT2D eigenvalue weighted by atomic mass is 9.99. The number of hydrogen-bond donors (Lipinski definition) is 1. The van der Waals surface area contributed by atoms with Crippen LogP contribution >= 0.6 is 0 Å². The molecule has 2 heterocycles. The monoisotopic (exact) mass is 388 g/mol. The van der Waals surface area contributed by atoms with Crippen LogP contribution in [0.4, 0.5) is 5.69 Å². The molecule has 1 aliphatic rings. The molecule has 0 aliphatic carbocycles. The van der Waals surface area contributed by atoms with Gasteiger partial charge in [0, 0.05) is 37.2 Å². The van der Waals surface area contributed by atoms with Crippen LogP contribution in [0.25, 0.3) is 11.1 Å². The zero-order valence-electron chi connectivity index (χ0n) is 16.7. The molecule has 6 nitrogen and oxygen atoms in total. The Bertz CT molecular complexity index is 1070. The van der Waals surface area contributed by atoms with Gasteiger partial charge in [-0.2, -0.15) is 0 Å². The highest BCUT2D eigenvalue weighted by Gasteiger charge is 2.20. The second-order valence-electron chi connectivity index (χ2n) is 7.36. The summed E-state index contributed by atoms with van der Waals surface area (Å²) in [6.45, 7) is 3.21. The van der Waals surface area contributed by atoms with Gasteiger partial charge in [-0.1, -0.05) is 25.1 Å². The maximum Gasteiger partial charge on any atom is 0.254 e. The summed E-state index contributed by atoms with van der Waals surface area (Å²) in [5.74, 6) is 0.874. The maximum absolute atomic E-state index is 13.2. The van der Waals surface area contributed by atoms with Gasteiger partial charge in [-0.3, -0.25) is 9.59 Å². The van der Waals surface area contributed by atoms with Crippen LogP contribution in [0.3, 0.4) is 0 Å². The molecule has 0 atom stereocenters. The molecule has 0 fully saturated rings. The van der Waals surface area contributed by atoms with Crippen molar-refractivity contribution in [3.63, 3.8) is 0 Å². The first kappa shape index (κ1) is 18.9. The van der Waals surface area contributed by atoms with Gasteiger partial charge in [0.25, 0.3) is 5.91 Å². The fourth-order valence-corrected chi connectivity index (χ4v) is 3.67. The summed E-state index contributed by atoms with van der Waals surface area (Å²) >= 11 is 0. The Balaban J connectivity index is 1.60. The first-order valence-corrected chi connectivity index (χ1v) is 9.84. The number of anilines is 1. The lowest BCUT2D eigenvalue weighted by Crippen LogP contribution is -2.32. The fraction of sp³-hybridized carbons (Fsp3) is 0.261. The fourth-order valence-electron chi connectivity index (χ4n) is 3.67. The Labute approximate surface area is 170 Å². The molecule has 29 heavy (non-hydrogen) atoms. The normalized spacial score (nSPS) is 12.6. The van der Waals surface area contributed by atoms with E-state index in [1.54, 1.807) is 6.20 Å². The molecule has 3 aromatic rings. The molecule has 1 N–H and O–H groups in total. The predicted molar refractivity (Wildman–Crippen MR) is 112 cm³/mol. The highest BCUT2D eigenvalue weighted by molar-refractivity contribution is 6.00. The molecule has 0 saturated heterocycles. The number of nitrogens with zero attached hydrogens (tertiary/aromatic N) is 3. The van der Waals surface area contributed by atoms with Gasteiger partial charge < -0.3 is 14.8 Å². The quantitative estimate of drug-likeness (QED) is 0.701. The van der Waals surface area contributed by atoms with E-state index in [0.717, 1.165) is 34.6 Å². The van der Waals surface area contributed by atoms with Crippen molar-refractivity contribution < 1.29 is 9.59 Å². The highest BCUT2D eigenvalue weighted by atomic mass is 16.2. The molecule has 0 saturated carbocycles. The third kappa shape index (κ3) is 3.92. The number of aryl methyl sites for hydroxylation is 1. The van der Waals surface area contributed by atoms with Crippen molar-refractivity contribution in [1.82, 2.24) is 14.5 Å². The molecule has 0 radical (unpaired) electrons. The van der Waals surface area contributed by atoms with Gasteiger partial charge in [-0.05, 0) is 47.4 Å². The molecular weight excluding hydrogens is 364 g/mol. The van der Waals surface area contributed by atoms with Crippen LogP contribution in [0.15, 0.2) is 54.9 Å². The van der Waals surface area contributed by atoms with E-state index in [0.29, 0.717) is 25.1 Å². The average molecular weight is 388 g/mol. The average Bonchev–Trinajstić information content (AvgIpc) is 3.30. The predicted octanol–water partition coefficient (Wildman–Crippen LogP) is 3.63. The second kappa shape index (κ2) is 7.91. The topological polar surface area (TPSA) is 67.2 Å². The van der Waals surface area contributed by atoms with E-state index in [-0.39, 0.29) is 11.8 Å². The molecule has 148 valence electrons. The number of imidazole rings is 1. The smallest absolute Gasteiger partial charge is 0.254 e. The Kier molecular flexibility index (Phi) is 5.16. The van der Waals surface area contributed by atoms with E-state index in [4.69, 9.17) is 0 Å². The SMILES string of the molecule is CCCN(Cc1nccn1C)C(=O)c1cccc(-c2ccc3c(c2)CC(=O)N3)c1. The Hall–Kier alpha value is -3.41. The lowest BCUT2D eigenvalue weighted by molar-refractivity contribution is -0.115. The standard InChI is InChI=1S/C23H24N4O2/c1-3-10-27(15-21-24-9-11-26(21)2)23(29)18-6-4-5-16(12-18)17-7-8-20-19(13-17)14-22(28)25-20/h4-9,11-13H,3,10,14-15H2,1-2H3,(H,25,28). The molecule has 1 aromatic heterocycles. The van der Waals surface area contributed by atoms with Crippen molar-refractivity contribution in [2.45, 2.75) is 26.3 Å². The van der Waals surface area contributed by atoms with Gasteiger partial charge in [-0.25, -0.2) is 4.98 Å². The van der Waals surface area contributed by atoms with Gasteiger partial charge in [0.15, 0.2) is 0 Å².